The van der Waals surface area contributed by atoms with Crippen molar-refractivity contribution in [3.8, 4) is 0 Å². The van der Waals surface area contributed by atoms with Crippen molar-refractivity contribution in [2.75, 3.05) is 12.8 Å². The molecule has 0 aliphatic carbocycles. The first-order valence-corrected chi connectivity index (χ1v) is 10.8. The van der Waals surface area contributed by atoms with E-state index in [9.17, 15) is 9.59 Å². The molecule has 0 radical (unpaired) electrons. The van der Waals surface area contributed by atoms with E-state index in [1.807, 2.05) is 0 Å². The summed E-state index contributed by atoms with van der Waals surface area (Å²) in [5.41, 5.74) is 2.34. The highest BCUT2D eigenvalue weighted by molar-refractivity contribution is 7.98. The summed E-state index contributed by atoms with van der Waals surface area (Å²) in [6, 6.07) is 13.5. The number of fused-ring (bicyclic) bond motifs is 2. The third-order valence-electron chi connectivity index (χ3n) is 5.19. The summed E-state index contributed by atoms with van der Waals surface area (Å²) in [4.78, 5) is 31.1. The summed E-state index contributed by atoms with van der Waals surface area (Å²) in [5, 5.41) is 3.54. The van der Waals surface area contributed by atoms with E-state index in [-0.39, 0.29) is 11.5 Å². The quantitative estimate of drug-likeness (QED) is 0.675. The normalized spacial score (nSPS) is 13.3. The Morgan fingerprint density at radius 1 is 1.18 bits per heavy atom. The number of benzene rings is 2. The van der Waals surface area contributed by atoms with Gasteiger partial charge in [0.2, 0.25) is 0 Å². The zero-order valence-electron chi connectivity index (χ0n) is 15.9. The number of thioether (sulfide) groups is 1. The van der Waals surface area contributed by atoms with Crippen LogP contribution in [0.3, 0.4) is 0 Å². The van der Waals surface area contributed by atoms with E-state index in [0.717, 1.165) is 38.1 Å². The second-order valence-electron chi connectivity index (χ2n) is 7.03. The lowest BCUT2D eigenvalue weighted by Gasteiger charge is -2.17. The molecule has 2 aromatic carbocycles. The summed E-state index contributed by atoms with van der Waals surface area (Å²) in [7, 11) is 0. The van der Waals surface area contributed by atoms with Gasteiger partial charge in [-0.1, -0.05) is 12.1 Å². The number of hydrogen-bond donors (Lipinski definition) is 1. The van der Waals surface area contributed by atoms with Gasteiger partial charge in [-0.2, -0.15) is 0 Å². The Labute approximate surface area is 168 Å². The summed E-state index contributed by atoms with van der Waals surface area (Å²) in [6.45, 7) is 1.30. The number of carbonyl (C=O) groups excluding carboxylic acids is 1. The lowest BCUT2D eigenvalue weighted by atomic mass is 10.1. The van der Waals surface area contributed by atoms with Crippen LogP contribution in [0, 0.1) is 0 Å². The van der Waals surface area contributed by atoms with Gasteiger partial charge in [0.15, 0.2) is 0 Å². The topological polar surface area (TPSA) is 64.0 Å². The van der Waals surface area contributed by atoms with E-state index < -0.39 is 0 Å². The summed E-state index contributed by atoms with van der Waals surface area (Å²) >= 11 is 1.71. The van der Waals surface area contributed by atoms with Gasteiger partial charge in [0.25, 0.3) is 11.5 Å². The van der Waals surface area contributed by atoms with Crippen LogP contribution >= 0.6 is 11.8 Å². The maximum absolute atomic E-state index is 12.6. The van der Waals surface area contributed by atoms with E-state index in [1.165, 1.54) is 10.5 Å². The second kappa shape index (κ2) is 8.19. The molecule has 1 amide bonds. The van der Waals surface area contributed by atoms with Crippen LogP contribution in [0.15, 0.2) is 52.2 Å². The zero-order chi connectivity index (χ0) is 19.5. The van der Waals surface area contributed by atoms with Crippen LogP contribution in [0.5, 0.6) is 0 Å². The van der Waals surface area contributed by atoms with E-state index in [0.29, 0.717) is 23.0 Å². The van der Waals surface area contributed by atoms with Crippen molar-refractivity contribution in [3.63, 3.8) is 0 Å². The van der Waals surface area contributed by atoms with Gasteiger partial charge in [-0.15, -0.1) is 11.8 Å². The molecule has 1 aliphatic heterocycles. The molecular weight excluding hydrogens is 370 g/mol. The van der Waals surface area contributed by atoms with E-state index >= 15 is 0 Å². The fourth-order valence-corrected chi connectivity index (χ4v) is 4.01. The standard InChI is InChI=1S/C22H23N3O2S/c1-28-17-8-5-15(6-9-17)11-12-23-21(26)16-7-10-18-19(14-16)24-20-4-2-3-13-25(20)22(18)27/h5-10,14H,2-4,11-13H2,1H3,(H,23,26). The van der Waals surface area contributed by atoms with Crippen LogP contribution < -0.4 is 10.9 Å². The second-order valence-corrected chi connectivity index (χ2v) is 7.91. The molecule has 0 unspecified atom stereocenters. The van der Waals surface area contributed by atoms with Gasteiger partial charge in [-0.3, -0.25) is 14.2 Å². The van der Waals surface area contributed by atoms with Crippen LogP contribution in [0.2, 0.25) is 0 Å². The fraction of sp³-hybridized carbons (Fsp3) is 0.318. The maximum Gasteiger partial charge on any atom is 0.261 e. The Balaban J connectivity index is 1.47. The molecule has 1 aliphatic rings. The Hall–Kier alpha value is -2.60. The molecule has 6 heteroatoms. The minimum absolute atomic E-state index is 0.000322. The Bertz CT molecular complexity index is 1070. The monoisotopic (exact) mass is 393 g/mol. The predicted octanol–water partition coefficient (Wildman–Crippen LogP) is 3.43. The molecule has 1 aromatic heterocycles. The minimum atomic E-state index is -0.137. The number of nitrogens with one attached hydrogen (secondary N) is 1. The number of aryl methyl sites for hydroxylation is 1. The van der Waals surface area contributed by atoms with Crippen LogP contribution in [0.1, 0.15) is 34.6 Å². The van der Waals surface area contributed by atoms with Crippen molar-refractivity contribution in [1.82, 2.24) is 14.9 Å². The predicted molar refractivity (Wildman–Crippen MR) is 113 cm³/mol. The molecule has 0 atom stereocenters. The smallest absolute Gasteiger partial charge is 0.261 e. The van der Waals surface area contributed by atoms with Crippen LogP contribution in [-0.4, -0.2) is 28.3 Å². The average Bonchev–Trinajstić information content (AvgIpc) is 2.74. The lowest BCUT2D eigenvalue weighted by molar-refractivity contribution is 0.0954. The number of rotatable bonds is 5. The molecule has 0 fully saturated rings. The van der Waals surface area contributed by atoms with E-state index in [2.05, 4.69) is 40.8 Å². The molecule has 1 N–H and O–H groups in total. The number of hydrogen-bond acceptors (Lipinski definition) is 4. The average molecular weight is 394 g/mol. The van der Waals surface area contributed by atoms with Crippen LogP contribution in [0.4, 0.5) is 0 Å². The SMILES string of the molecule is CSc1ccc(CCNC(=O)c2ccc3c(=O)n4c(nc3c2)CCCC4)cc1. The van der Waals surface area contributed by atoms with Crippen molar-refractivity contribution < 1.29 is 4.79 Å². The minimum Gasteiger partial charge on any atom is -0.352 e. The molecule has 0 saturated carbocycles. The first-order chi connectivity index (χ1) is 13.7. The molecule has 2 heterocycles. The summed E-state index contributed by atoms with van der Waals surface area (Å²) in [6.07, 6.45) is 5.71. The highest BCUT2D eigenvalue weighted by Gasteiger charge is 2.16. The van der Waals surface area contributed by atoms with Gasteiger partial charge in [-0.05, 0) is 61.4 Å². The first-order valence-electron chi connectivity index (χ1n) is 9.60. The molecule has 144 valence electrons. The van der Waals surface area contributed by atoms with Crippen molar-refractivity contribution >= 4 is 28.6 Å². The molecule has 4 rings (SSSR count). The summed E-state index contributed by atoms with van der Waals surface area (Å²) in [5.74, 6) is 0.692. The van der Waals surface area contributed by atoms with E-state index in [1.54, 1.807) is 34.5 Å². The van der Waals surface area contributed by atoms with Gasteiger partial charge in [-0.25, -0.2) is 4.98 Å². The van der Waals surface area contributed by atoms with Crippen molar-refractivity contribution in [1.29, 1.82) is 0 Å². The Kier molecular flexibility index (Phi) is 5.48. The van der Waals surface area contributed by atoms with Gasteiger partial charge < -0.3 is 5.32 Å². The molecule has 0 saturated heterocycles. The third-order valence-corrected chi connectivity index (χ3v) is 5.93. The van der Waals surface area contributed by atoms with Crippen LogP contribution in [0.25, 0.3) is 10.9 Å². The van der Waals surface area contributed by atoms with Crippen molar-refractivity contribution in [2.24, 2.45) is 0 Å². The van der Waals surface area contributed by atoms with Crippen LogP contribution in [-0.2, 0) is 19.4 Å². The highest BCUT2D eigenvalue weighted by atomic mass is 32.2. The number of carbonyl (C=O) groups is 1. The van der Waals surface area contributed by atoms with E-state index in [4.69, 9.17) is 0 Å². The largest absolute Gasteiger partial charge is 0.352 e. The molecule has 5 nitrogen and oxygen atoms in total. The Morgan fingerprint density at radius 3 is 2.79 bits per heavy atom. The lowest BCUT2D eigenvalue weighted by Crippen LogP contribution is -2.29. The van der Waals surface area contributed by atoms with Gasteiger partial charge >= 0.3 is 0 Å². The zero-order valence-corrected chi connectivity index (χ0v) is 16.7. The number of aromatic nitrogens is 2. The van der Waals surface area contributed by atoms with Crippen molar-refractivity contribution in [3.05, 3.63) is 69.8 Å². The molecular formula is C22H23N3O2S. The number of amides is 1. The number of nitrogens with zero attached hydrogens (tertiary/aromatic N) is 2. The summed E-state index contributed by atoms with van der Waals surface area (Å²) < 4.78 is 1.77. The molecule has 3 aromatic rings. The molecule has 0 bridgehead atoms. The van der Waals surface area contributed by atoms with Gasteiger partial charge in [0.05, 0.1) is 10.9 Å². The molecule has 28 heavy (non-hydrogen) atoms. The Morgan fingerprint density at radius 2 is 2.00 bits per heavy atom. The first kappa shape index (κ1) is 18.7. The molecule has 0 spiro atoms. The van der Waals surface area contributed by atoms with Gasteiger partial charge in [0.1, 0.15) is 5.82 Å². The maximum atomic E-state index is 12.6. The fourth-order valence-electron chi connectivity index (χ4n) is 3.60. The van der Waals surface area contributed by atoms with Crippen molar-refractivity contribution in [2.45, 2.75) is 37.1 Å². The third kappa shape index (κ3) is 3.83. The van der Waals surface area contributed by atoms with Gasteiger partial charge in [0, 0.05) is 30.0 Å². The highest BCUT2D eigenvalue weighted by Crippen LogP contribution is 2.17.